The molecule has 2 rings (SSSR count). The molecule has 1 aromatic heterocycles. The van der Waals surface area contributed by atoms with Crippen LogP contribution in [0.25, 0.3) is 0 Å². The summed E-state index contributed by atoms with van der Waals surface area (Å²) in [4.78, 5) is 4.20. The molecule has 3 heteroatoms. The largest absolute Gasteiger partial charge is 0.327 e. The lowest BCUT2D eigenvalue weighted by atomic mass is 10.1. The first-order chi connectivity index (χ1) is 6.03. The second-order valence-corrected chi connectivity index (χ2v) is 5.05. The van der Waals surface area contributed by atoms with Crippen molar-refractivity contribution in [1.82, 2.24) is 4.98 Å². The molecule has 1 saturated carbocycles. The van der Waals surface area contributed by atoms with Gasteiger partial charge in [-0.05, 0) is 33.0 Å². The minimum absolute atomic E-state index is 0.246. The van der Waals surface area contributed by atoms with Crippen molar-refractivity contribution in [2.75, 3.05) is 0 Å². The zero-order valence-corrected chi connectivity index (χ0v) is 9.38. The van der Waals surface area contributed by atoms with E-state index in [2.05, 4.69) is 40.8 Å². The van der Waals surface area contributed by atoms with E-state index in [0.717, 1.165) is 4.60 Å². The molecule has 13 heavy (non-hydrogen) atoms. The maximum atomic E-state index is 5.97. The van der Waals surface area contributed by atoms with Gasteiger partial charge in [-0.15, -0.1) is 0 Å². The monoisotopic (exact) mass is 240 g/mol. The molecular weight excluding hydrogens is 228 g/mol. The molecule has 0 spiro atoms. The van der Waals surface area contributed by atoms with Gasteiger partial charge in [0.1, 0.15) is 4.60 Å². The standard InChI is InChI=1S/C10H13BrN2/c1-10(2)8(9(10)12)6-3-4-7(11)13-5-6/h3-5,8-9H,12H2,1-2H3. The predicted molar refractivity (Wildman–Crippen MR) is 56.4 cm³/mol. The van der Waals surface area contributed by atoms with Crippen molar-refractivity contribution in [1.29, 1.82) is 0 Å². The number of rotatable bonds is 1. The summed E-state index contributed by atoms with van der Waals surface area (Å²) < 4.78 is 0.878. The van der Waals surface area contributed by atoms with E-state index in [4.69, 9.17) is 5.73 Å². The molecule has 2 unspecified atom stereocenters. The van der Waals surface area contributed by atoms with Gasteiger partial charge in [0.15, 0.2) is 0 Å². The van der Waals surface area contributed by atoms with E-state index in [0.29, 0.717) is 5.92 Å². The van der Waals surface area contributed by atoms with E-state index in [1.165, 1.54) is 5.56 Å². The van der Waals surface area contributed by atoms with Crippen molar-refractivity contribution in [3.8, 4) is 0 Å². The maximum absolute atomic E-state index is 5.97. The molecule has 1 aromatic rings. The molecule has 1 fully saturated rings. The van der Waals surface area contributed by atoms with Crippen molar-refractivity contribution < 1.29 is 0 Å². The quantitative estimate of drug-likeness (QED) is 0.766. The minimum atomic E-state index is 0.246. The number of halogens is 1. The van der Waals surface area contributed by atoms with Crippen molar-refractivity contribution in [2.24, 2.45) is 11.1 Å². The highest BCUT2D eigenvalue weighted by molar-refractivity contribution is 9.10. The van der Waals surface area contributed by atoms with Gasteiger partial charge >= 0.3 is 0 Å². The number of hydrogen-bond acceptors (Lipinski definition) is 2. The van der Waals surface area contributed by atoms with Crippen LogP contribution in [0.5, 0.6) is 0 Å². The van der Waals surface area contributed by atoms with Crippen LogP contribution in [0.3, 0.4) is 0 Å². The molecule has 0 bridgehead atoms. The Morgan fingerprint density at radius 2 is 2.08 bits per heavy atom. The molecule has 1 aliphatic carbocycles. The molecule has 0 saturated heterocycles. The Hall–Kier alpha value is -0.410. The highest BCUT2D eigenvalue weighted by Gasteiger charge is 2.56. The fourth-order valence-electron chi connectivity index (χ4n) is 1.89. The van der Waals surface area contributed by atoms with Crippen LogP contribution in [0.1, 0.15) is 25.3 Å². The van der Waals surface area contributed by atoms with Crippen LogP contribution in [0, 0.1) is 5.41 Å². The molecule has 2 nitrogen and oxygen atoms in total. The van der Waals surface area contributed by atoms with Gasteiger partial charge in [0.25, 0.3) is 0 Å². The van der Waals surface area contributed by atoms with Gasteiger partial charge < -0.3 is 5.73 Å². The Morgan fingerprint density at radius 3 is 2.46 bits per heavy atom. The van der Waals surface area contributed by atoms with E-state index in [1.807, 2.05) is 12.3 Å². The second-order valence-electron chi connectivity index (χ2n) is 4.24. The van der Waals surface area contributed by atoms with Crippen LogP contribution in [0.4, 0.5) is 0 Å². The van der Waals surface area contributed by atoms with Crippen LogP contribution in [-0.4, -0.2) is 11.0 Å². The van der Waals surface area contributed by atoms with Crippen molar-refractivity contribution in [2.45, 2.75) is 25.8 Å². The molecule has 2 N–H and O–H groups in total. The van der Waals surface area contributed by atoms with E-state index in [1.54, 1.807) is 0 Å². The highest BCUT2D eigenvalue weighted by atomic mass is 79.9. The minimum Gasteiger partial charge on any atom is -0.327 e. The summed E-state index contributed by atoms with van der Waals surface area (Å²) in [7, 11) is 0. The fraction of sp³-hybridized carbons (Fsp3) is 0.500. The average Bonchev–Trinajstić information content (AvgIpc) is 2.55. The third-order valence-corrected chi connectivity index (χ3v) is 3.49. The van der Waals surface area contributed by atoms with E-state index in [9.17, 15) is 0 Å². The molecule has 1 heterocycles. The van der Waals surface area contributed by atoms with Crippen LogP contribution >= 0.6 is 15.9 Å². The molecular formula is C10H13BrN2. The summed E-state index contributed by atoms with van der Waals surface area (Å²) in [6, 6.07) is 4.35. The second kappa shape index (κ2) is 2.79. The topological polar surface area (TPSA) is 38.9 Å². The number of hydrogen-bond donors (Lipinski definition) is 1. The Balaban J connectivity index is 2.25. The first kappa shape index (κ1) is 9.16. The van der Waals surface area contributed by atoms with E-state index >= 15 is 0 Å². The maximum Gasteiger partial charge on any atom is 0.106 e. The van der Waals surface area contributed by atoms with Gasteiger partial charge in [-0.2, -0.15) is 0 Å². The lowest BCUT2D eigenvalue weighted by Crippen LogP contribution is -2.06. The summed E-state index contributed by atoms with van der Waals surface area (Å²) >= 11 is 3.32. The fourth-order valence-corrected chi connectivity index (χ4v) is 2.12. The Bertz CT molecular complexity index is 318. The highest BCUT2D eigenvalue weighted by Crippen LogP contribution is 2.57. The predicted octanol–water partition coefficient (Wildman–Crippen LogP) is 2.29. The number of aromatic nitrogens is 1. The number of nitrogens with zero attached hydrogens (tertiary/aromatic N) is 1. The molecule has 2 atom stereocenters. The summed E-state index contributed by atoms with van der Waals surface area (Å²) in [5.41, 5.74) is 7.47. The molecule has 0 aromatic carbocycles. The van der Waals surface area contributed by atoms with Gasteiger partial charge in [0.2, 0.25) is 0 Å². The Morgan fingerprint density at radius 1 is 1.46 bits per heavy atom. The lowest BCUT2D eigenvalue weighted by molar-refractivity contribution is 0.598. The van der Waals surface area contributed by atoms with Gasteiger partial charge in [-0.1, -0.05) is 19.9 Å². The van der Waals surface area contributed by atoms with Crippen molar-refractivity contribution >= 4 is 15.9 Å². The van der Waals surface area contributed by atoms with Crippen LogP contribution in [0.15, 0.2) is 22.9 Å². The van der Waals surface area contributed by atoms with Gasteiger partial charge in [0, 0.05) is 18.2 Å². The normalized spacial score (nSPS) is 30.2. The van der Waals surface area contributed by atoms with Crippen LogP contribution < -0.4 is 5.73 Å². The molecule has 0 radical (unpaired) electrons. The van der Waals surface area contributed by atoms with E-state index in [-0.39, 0.29) is 11.5 Å². The van der Waals surface area contributed by atoms with Gasteiger partial charge in [-0.3, -0.25) is 0 Å². The molecule has 70 valence electrons. The zero-order valence-electron chi connectivity index (χ0n) is 7.79. The summed E-state index contributed by atoms with van der Waals surface area (Å²) in [5.74, 6) is 0.480. The number of nitrogens with two attached hydrogens (primary N) is 1. The molecule has 0 amide bonds. The molecule has 1 aliphatic rings. The third kappa shape index (κ3) is 1.40. The summed E-state index contributed by atoms with van der Waals surface area (Å²) in [6.45, 7) is 4.40. The summed E-state index contributed by atoms with van der Waals surface area (Å²) in [6.07, 6.45) is 1.91. The smallest absolute Gasteiger partial charge is 0.106 e. The molecule has 0 aliphatic heterocycles. The summed E-state index contributed by atoms with van der Waals surface area (Å²) in [5, 5.41) is 0. The van der Waals surface area contributed by atoms with E-state index < -0.39 is 0 Å². The van der Waals surface area contributed by atoms with Crippen molar-refractivity contribution in [3.05, 3.63) is 28.5 Å². The van der Waals surface area contributed by atoms with Crippen molar-refractivity contribution in [3.63, 3.8) is 0 Å². The Kier molecular flexibility index (Phi) is 1.96. The third-order valence-electron chi connectivity index (χ3n) is 3.02. The average molecular weight is 241 g/mol. The first-order valence-electron chi connectivity index (χ1n) is 4.40. The van der Waals surface area contributed by atoms with Gasteiger partial charge in [0.05, 0.1) is 0 Å². The first-order valence-corrected chi connectivity index (χ1v) is 5.20. The number of pyridine rings is 1. The SMILES string of the molecule is CC1(C)C(N)C1c1ccc(Br)nc1. The van der Waals surface area contributed by atoms with Crippen LogP contribution in [-0.2, 0) is 0 Å². The Labute approximate surface area is 86.7 Å². The zero-order chi connectivity index (χ0) is 9.64. The van der Waals surface area contributed by atoms with Gasteiger partial charge in [-0.25, -0.2) is 4.98 Å². The lowest BCUT2D eigenvalue weighted by Gasteiger charge is -2.01. The van der Waals surface area contributed by atoms with Crippen LogP contribution in [0.2, 0.25) is 0 Å².